The monoisotopic (exact) mass is 289 g/mol. The molecule has 0 aromatic heterocycles. The highest BCUT2D eigenvalue weighted by atomic mass is 16.5. The fourth-order valence-electron chi connectivity index (χ4n) is 2.25. The Bertz CT molecular complexity index is 563. The molecule has 2 amide bonds. The first-order chi connectivity index (χ1) is 10.1. The molecule has 1 heterocycles. The molecule has 1 unspecified atom stereocenters. The Kier molecular flexibility index (Phi) is 3.65. The fraction of sp³-hybridized carbons (Fsp3) is 0.467. The summed E-state index contributed by atoms with van der Waals surface area (Å²) in [5.74, 6) is -0.389. The largest absolute Gasteiger partial charge is 0.379 e. The highest BCUT2D eigenvalue weighted by molar-refractivity contribution is 6.00. The fourth-order valence-corrected chi connectivity index (χ4v) is 2.25. The lowest BCUT2D eigenvalue weighted by atomic mass is 9.99. The molecule has 1 saturated heterocycles. The van der Waals surface area contributed by atoms with Crippen molar-refractivity contribution in [3.8, 4) is 0 Å². The van der Waals surface area contributed by atoms with Crippen molar-refractivity contribution in [3.05, 3.63) is 29.8 Å². The second-order valence-electron chi connectivity index (χ2n) is 5.74. The first kappa shape index (κ1) is 14.0. The SMILES string of the molecule is NC1(C(=O)Nc2cccc(C(=O)NC3CC3)c2)CCOC1. The molecular formula is C15H19N3O3. The summed E-state index contributed by atoms with van der Waals surface area (Å²) in [6.07, 6.45) is 2.58. The zero-order chi connectivity index (χ0) is 14.9. The molecule has 21 heavy (non-hydrogen) atoms. The zero-order valence-corrected chi connectivity index (χ0v) is 11.7. The maximum Gasteiger partial charge on any atom is 0.251 e. The molecule has 2 fully saturated rings. The van der Waals surface area contributed by atoms with E-state index in [0.717, 1.165) is 12.8 Å². The topological polar surface area (TPSA) is 93.5 Å². The number of anilines is 1. The van der Waals surface area contributed by atoms with Crippen LogP contribution in [0.3, 0.4) is 0 Å². The van der Waals surface area contributed by atoms with Crippen LogP contribution in [-0.2, 0) is 9.53 Å². The molecule has 1 aliphatic carbocycles. The van der Waals surface area contributed by atoms with Gasteiger partial charge in [0.25, 0.3) is 5.91 Å². The quantitative estimate of drug-likeness (QED) is 0.758. The van der Waals surface area contributed by atoms with E-state index in [-0.39, 0.29) is 18.4 Å². The third-order valence-electron chi connectivity index (χ3n) is 3.80. The molecule has 112 valence electrons. The van der Waals surface area contributed by atoms with Gasteiger partial charge in [-0.3, -0.25) is 9.59 Å². The van der Waals surface area contributed by atoms with Gasteiger partial charge in [-0.05, 0) is 37.5 Å². The van der Waals surface area contributed by atoms with E-state index >= 15 is 0 Å². The third-order valence-corrected chi connectivity index (χ3v) is 3.80. The molecule has 1 aromatic carbocycles. The Morgan fingerprint density at radius 2 is 2.14 bits per heavy atom. The minimum absolute atomic E-state index is 0.111. The van der Waals surface area contributed by atoms with Gasteiger partial charge < -0.3 is 21.1 Å². The van der Waals surface area contributed by atoms with Crippen molar-refractivity contribution in [2.45, 2.75) is 30.8 Å². The molecule has 0 bridgehead atoms. The van der Waals surface area contributed by atoms with E-state index in [1.54, 1.807) is 24.3 Å². The Morgan fingerprint density at radius 1 is 1.33 bits per heavy atom. The summed E-state index contributed by atoms with van der Waals surface area (Å²) in [7, 11) is 0. The first-order valence-electron chi connectivity index (χ1n) is 7.16. The van der Waals surface area contributed by atoms with Gasteiger partial charge in [0.1, 0.15) is 5.54 Å². The van der Waals surface area contributed by atoms with Gasteiger partial charge in [0.05, 0.1) is 6.61 Å². The molecule has 1 aromatic rings. The van der Waals surface area contributed by atoms with Gasteiger partial charge in [0, 0.05) is 23.9 Å². The highest BCUT2D eigenvalue weighted by Crippen LogP contribution is 2.21. The summed E-state index contributed by atoms with van der Waals surface area (Å²) in [6, 6.07) is 7.18. The smallest absolute Gasteiger partial charge is 0.251 e. The third kappa shape index (κ3) is 3.22. The van der Waals surface area contributed by atoms with E-state index in [1.165, 1.54) is 0 Å². The number of ether oxygens (including phenoxy) is 1. The molecule has 4 N–H and O–H groups in total. The standard InChI is InChI=1S/C15H19N3O3/c16-15(6-7-21-9-15)14(20)18-12-3-1-2-10(8-12)13(19)17-11-4-5-11/h1-3,8,11H,4-7,9,16H2,(H,17,19)(H,18,20). The molecule has 1 atom stereocenters. The number of benzene rings is 1. The van der Waals surface area contributed by atoms with E-state index in [2.05, 4.69) is 10.6 Å². The van der Waals surface area contributed by atoms with E-state index in [0.29, 0.717) is 30.3 Å². The van der Waals surface area contributed by atoms with Gasteiger partial charge in [-0.2, -0.15) is 0 Å². The van der Waals surface area contributed by atoms with Crippen LogP contribution in [0.5, 0.6) is 0 Å². The minimum Gasteiger partial charge on any atom is -0.379 e. The maximum absolute atomic E-state index is 12.2. The number of nitrogens with two attached hydrogens (primary N) is 1. The molecule has 0 radical (unpaired) electrons. The summed E-state index contributed by atoms with van der Waals surface area (Å²) in [6.45, 7) is 0.717. The second kappa shape index (κ2) is 5.46. The average Bonchev–Trinajstić information content (AvgIpc) is 3.17. The highest BCUT2D eigenvalue weighted by Gasteiger charge is 2.38. The molecule has 6 nitrogen and oxygen atoms in total. The van der Waals surface area contributed by atoms with Crippen molar-refractivity contribution < 1.29 is 14.3 Å². The minimum atomic E-state index is -0.980. The maximum atomic E-state index is 12.2. The van der Waals surface area contributed by atoms with E-state index in [9.17, 15) is 9.59 Å². The molecule has 3 rings (SSSR count). The molecular weight excluding hydrogens is 270 g/mol. The van der Waals surface area contributed by atoms with Crippen LogP contribution in [-0.4, -0.2) is 36.6 Å². The van der Waals surface area contributed by atoms with E-state index in [4.69, 9.17) is 10.5 Å². The zero-order valence-electron chi connectivity index (χ0n) is 11.7. The lowest BCUT2D eigenvalue weighted by Gasteiger charge is -2.20. The van der Waals surface area contributed by atoms with Crippen LogP contribution in [0.25, 0.3) is 0 Å². The van der Waals surface area contributed by atoms with Crippen molar-refractivity contribution in [3.63, 3.8) is 0 Å². The Balaban J connectivity index is 1.67. The lowest BCUT2D eigenvalue weighted by molar-refractivity contribution is -0.121. The number of amides is 2. The van der Waals surface area contributed by atoms with Crippen LogP contribution in [0, 0.1) is 0 Å². The number of rotatable bonds is 4. The van der Waals surface area contributed by atoms with Crippen LogP contribution in [0.1, 0.15) is 29.6 Å². The molecule has 1 saturated carbocycles. The van der Waals surface area contributed by atoms with Gasteiger partial charge >= 0.3 is 0 Å². The lowest BCUT2D eigenvalue weighted by Crippen LogP contribution is -2.51. The van der Waals surface area contributed by atoms with Gasteiger partial charge in [-0.25, -0.2) is 0 Å². The molecule has 6 heteroatoms. The summed E-state index contributed by atoms with van der Waals surface area (Å²) in [4.78, 5) is 24.2. The van der Waals surface area contributed by atoms with Crippen LogP contribution in [0.4, 0.5) is 5.69 Å². The summed E-state index contributed by atoms with van der Waals surface area (Å²) >= 11 is 0. The Morgan fingerprint density at radius 3 is 2.81 bits per heavy atom. The Labute approximate surface area is 123 Å². The van der Waals surface area contributed by atoms with Gasteiger partial charge in [-0.1, -0.05) is 6.07 Å². The van der Waals surface area contributed by atoms with Crippen molar-refractivity contribution in [1.29, 1.82) is 0 Å². The number of hydrogen-bond acceptors (Lipinski definition) is 4. The predicted molar refractivity (Wildman–Crippen MR) is 77.9 cm³/mol. The molecule has 1 aliphatic heterocycles. The Hall–Kier alpha value is -1.92. The molecule has 2 aliphatic rings. The van der Waals surface area contributed by atoms with Crippen molar-refractivity contribution in [2.24, 2.45) is 5.73 Å². The summed E-state index contributed by atoms with van der Waals surface area (Å²) < 4.78 is 5.18. The van der Waals surface area contributed by atoms with Crippen molar-refractivity contribution >= 4 is 17.5 Å². The number of carbonyl (C=O) groups excluding carboxylic acids is 2. The van der Waals surface area contributed by atoms with Gasteiger partial charge in [0.15, 0.2) is 0 Å². The first-order valence-corrected chi connectivity index (χ1v) is 7.16. The normalized spacial score (nSPS) is 24.6. The predicted octanol–water partition coefficient (Wildman–Crippen LogP) is 0.635. The van der Waals surface area contributed by atoms with Gasteiger partial charge in [0.2, 0.25) is 5.91 Å². The summed E-state index contributed by atoms with van der Waals surface area (Å²) in [5.41, 5.74) is 6.13. The second-order valence-corrected chi connectivity index (χ2v) is 5.74. The number of carbonyl (C=O) groups is 2. The van der Waals surface area contributed by atoms with Gasteiger partial charge in [-0.15, -0.1) is 0 Å². The van der Waals surface area contributed by atoms with Crippen LogP contribution >= 0.6 is 0 Å². The van der Waals surface area contributed by atoms with E-state index in [1.807, 2.05) is 0 Å². The average molecular weight is 289 g/mol. The van der Waals surface area contributed by atoms with Crippen molar-refractivity contribution in [1.82, 2.24) is 5.32 Å². The summed E-state index contributed by atoms with van der Waals surface area (Å²) in [5, 5.41) is 5.68. The van der Waals surface area contributed by atoms with E-state index < -0.39 is 5.54 Å². The van der Waals surface area contributed by atoms with Crippen LogP contribution in [0.2, 0.25) is 0 Å². The molecule has 0 spiro atoms. The van der Waals surface area contributed by atoms with Crippen molar-refractivity contribution in [2.75, 3.05) is 18.5 Å². The van der Waals surface area contributed by atoms with Crippen LogP contribution < -0.4 is 16.4 Å². The van der Waals surface area contributed by atoms with Crippen LogP contribution in [0.15, 0.2) is 24.3 Å². The number of hydrogen-bond donors (Lipinski definition) is 3. The number of nitrogens with one attached hydrogen (secondary N) is 2.